The predicted molar refractivity (Wildman–Crippen MR) is 67.9 cm³/mol. The van der Waals surface area contributed by atoms with Crippen LogP contribution in [-0.2, 0) is 14.3 Å². The maximum atomic E-state index is 11.7. The second-order valence-electron chi connectivity index (χ2n) is 4.96. The number of carbonyl (C=O) groups is 2. The van der Waals surface area contributed by atoms with Crippen molar-refractivity contribution in [1.82, 2.24) is 10.2 Å². The Balaban J connectivity index is 2.58. The second kappa shape index (κ2) is 6.26. The van der Waals surface area contributed by atoms with Gasteiger partial charge in [-0.15, -0.1) is 0 Å². The molecule has 0 radical (unpaired) electrons. The van der Waals surface area contributed by atoms with E-state index < -0.39 is 5.54 Å². The number of piperazine rings is 1. The van der Waals surface area contributed by atoms with Gasteiger partial charge in [0.15, 0.2) is 0 Å². The van der Waals surface area contributed by atoms with Gasteiger partial charge in [-0.3, -0.25) is 19.8 Å². The predicted octanol–water partition coefficient (Wildman–Crippen LogP) is -0.523. The van der Waals surface area contributed by atoms with Crippen LogP contribution < -0.4 is 11.1 Å². The molecule has 1 aliphatic heterocycles. The minimum Gasteiger partial charge on any atom is -0.377 e. The first-order valence-electron chi connectivity index (χ1n) is 6.32. The molecule has 0 spiro atoms. The molecule has 0 aromatic rings. The minimum atomic E-state index is -0.667. The summed E-state index contributed by atoms with van der Waals surface area (Å²) in [5.74, 6) is -0.500. The lowest BCUT2D eigenvalue weighted by Crippen LogP contribution is -2.64. The van der Waals surface area contributed by atoms with Gasteiger partial charge in [0, 0.05) is 19.7 Å². The number of ether oxygens (including phenoxy) is 1. The molecule has 1 aliphatic rings. The summed E-state index contributed by atoms with van der Waals surface area (Å²) < 4.78 is 5.47. The van der Waals surface area contributed by atoms with E-state index in [2.05, 4.69) is 5.32 Å². The van der Waals surface area contributed by atoms with Crippen molar-refractivity contribution >= 4 is 11.8 Å². The van der Waals surface area contributed by atoms with E-state index in [1.807, 2.05) is 25.7 Å². The Kier molecular flexibility index (Phi) is 5.25. The summed E-state index contributed by atoms with van der Waals surface area (Å²) in [6, 6.07) is 0. The Morgan fingerprint density at radius 3 is 2.72 bits per heavy atom. The summed E-state index contributed by atoms with van der Waals surface area (Å²) >= 11 is 0. The van der Waals surface area contributed by atoms with Crippen molar-refractivity contribution in [3.8, 4) is 0 Å². The van der Waals surface area contributed by atoms with Crippen molar-refractivity contribution in [1.29, 1.82) is 0 Å². The monoisotopic (exact) mass is 257 g/mol. The maximum Gasteiger partial charge on any atom is 0.246 e. The number of nitrogens with two attached hydrogens (primary N) is 1. The molecule has 0 aromatic carbocycles. The van der Waals surface area contributed by atoms with Crippen LogP contribution in [0.1, 0.15) is 27.2 Å². The van der Waals surface area contributed by atoms with Gasteiger partial charge in [0.25, 0.3) is 0 Å². The molecule has 1 heterocycles. The molecule has 6 nitrogen and oxygen atoms in total. The highest BCUT2D eigenvalue weighted by Crippen LogP contribution is 2.18. The lowest BCUT2D eigenvalue weighted by atomic mass is 9.98. The molecule has 18 heavy (non-hydrogen) atoms. The first-order chi connectivity index (χ1) is 8.41. The van der Waals surface area contributed by atoms with Crippen LogP contribution >= 0.6 is 0 Å². The molecular weight excluding hydrogens is 234 g/mol. The van der Waals surface area contributed by atoms with Crippen molar-refractivity contribution in [2.24, 2.45) is 5.73 Å². The summed E-state index contributed by atoms with van der Waals surface area (Å²) in [7, 11) is 0. The quantitative estimate of drug-likeness (QED) is 0.625. The van der Waals surface area contributed by atoms with Crippen LogP contribution in [0.25, 0.3) is 0 Å². The van der Waals surface area contributed by atoms with Gasteiger partial charge in [-0.1, -0.05) is 0 Å². The smallest absolute Gasteiger partial charge is 0.246 e. The van der Waals surface area contributed by atoms with Gasteiger partial charge in [0.05, 0.1) is 18.2 Å². The molecule has 1 unspecified atom stereocenters. The first kappa shape index (κ1) is 15.1. The number of nitrogens with one attached hydrogen (secondary N) is 1. The summed E-state index contributed by atoms with van der Waals surface area (Å²) in [5.41, 5.74) is 4.94. The van der Waals surface area contributed by atoms with E-state index in [4.69, 9.17) is 10.5 Å². The molecule has 6 heteroatoms. The lowest BCUT2D eigenvalue weighted by Gasteiger charge is -2.40. The van der Waals surface area contributed by atoms with Crippen LogP contribution in [0.2, 0.25) is 0 Å². The van der Waals surface area contributed by atoms with Crippen molar-refractivity contribution in [2.45, 2.75) is 38.8 Å². The molecule has 2 amide bonds. The molecular formula is C12H23N3O3. The third-order valence-corrected chi connectivity index (χ3v) is 3.32. The average molecular weight is 257 g/mol. The molecule has 0 aromatic heterocycles. The van der Waals surface area contributed by atoms with Gasteiger partial charge < -0.3 is 10.5 Å². The molecule has 1 fully saturated rings. The Labute approximate surface area is 108 Å². The van der Waals surface area contributed by atoms with Gasteiger partial charge in [-0.25, -0.2) is 0 Å². The zero-order valence-corrected chi connectivity index (χ0v) is 11.4. The van der Waals surface area contributed by atoms with Gasteiger partial charge in [-0.05, 0) is 27.2 Å². The van der Waals surface area contributed by atoms with Gasteiger partial charge in [0.2, 0.25) is 11.8 Å². The number of rotatable bonds is 6. The van der Waals surface area contributed by atoms with Crippen LogP contribution in [0.15, 0.2) is 0 Å². The highest BCUT2D eigenvalue weighted by atomic mass is 16.5. The SMILES string of the molecule is CCOC(CN)CCN1CC(=O)NC(=O)C1(C)C. The largest absolute Gasteiger partial charge is 0.377 e. The van der Waals surface area contributed by atoms with E-state index in [-0.39, 0.29) is 24.5 Å². The molecule has 1 atom stereocenters. The van der Waals surface area contributed by atoms with Crippen LogP contribution in [0.3, 0.4) is 0 Å². The van der Waals surface area contributed by atoms with Crippen molar-refractivity contribution in [3.63, 3.8) is 0 Å². The number of imide groups is 1. The van der Waals surface area contributed by atoms with E-state index in [1.165, 1.54) is 0 Å². The third kappa shape index (κ3) is 3.51. The van der Waals surface area contributed by atoms with Gasteiger partial charge >= 0.3 is 0 Å². The molecule has 0 bridgehead atoms. The zero-order valence-electron chi connectivity index (χ0n) is 11.4. The fourth-order valence-electron chi connectivity index (χ4n) is 2.00. The highest BCUT2D eigenvalue weighted by molar-refractivity contribution is 6.02. The lowest BCUT2D eigenvalue weighted by molar-refractivity contribution is -0.145. The fraction of sp³-hybridized carbons (Fsp3) is 0.833. The zero-order chi connectivity index (χ0) is 13.8. The Hall–Kier alpha value is -0.980. The molecule has 1 saturated heterocycles. The third-order valence-electron chi connectivity index (χ3n) is 3.32. The molecule has 104 valence electrons. The van der Waals surface area contributed by atoms with Crippen molar-refractivity contribution < 1.29 is 14.3 Å². The van der Waals surface area contributed by atoms with Crippen molar-refractivity contribution in [2.75, 3.05) is 26.2 Å². The van der Waals surface area contributed by atoms with E-state index >= 15 is 0 Å². The topological polar surface area (TPSA) is 84.7 Å². The standard InChI is InChI=1S/C12H23N3O3/c1-4-18-9(7-13)5-6-15-8-10(16)14-11(17)12(15,2)3/h9H,4-8,13H2,1-3H3,(H,14,16,17). The summed E-state index contributed by atoms with van der Waals surface area (Å²) in [5, 5.41) is 2.35. The van der Waals surface area contributed by atoms with Crippen LogP contribution in [0, 0.1) is 0 Å². The maximum absolute atomic E-state index is 11.7. The van der Waals surface area contributed by atoms with Crippen LogP contribution in [0.5, 0.6) is 0 Å². The molecule has 0 aliphatic carbocycles. The van der Waals surface area contributed by atoms with Crippen LogP contribution in [-0.4, -0.2) is 54.6 Å². The molecule has 0 saturated carbocycles. The second-order valence-corrected chi connectivity index (χ2v) is 4.96. The van der Waals surface area contributed by atoms with E-state index in [0.717, 1.165) is 0 Å². The van der Waals surface area contributed by atoms with Crippen molar-refractivity contribution in [3.05, 3.63) is 0 Å². The Bertz CT molecular complexity index is 318. The Morgan fingerprint density at radius 2 is 2.17 bits per heavy atom. The minimum absolute atomic E-state index is 0.0223. The van der Waals surface area contributed by atoms with Crippen LogP contribution in [0.4, 0.5) is 0 Å². The average Bonchev–Trinajstić information content (AvgIpc) is 2.30. The first-order valence-corrected chi connectivity index (χ1v) is 6.32. The Morgan fingerprint density at radius 1 is 1.50 bits per heavy atom. The number of hydrogen-bond donors (Lipinski definition) is 2. The van der Waals surface area contributed by atoms with E-state index in [9.17, 15) is 9.59 Å². The van der Waals surface area contributed by atoms with E-state index in [1.54, 1.807) is 0 Å². The number of nitrogens with zero attached hydrogens (tertiary/aromatic N) is 1. The summed E-state index contributed by atoms with van der Waals surface area (Å²) in [4.78, 5) is 25.0. The summed E-state index contributed by atoms with van der Waals surface area (Å²) in [6.07, 6.45) is 0.694. The van der Waals surface area contributed by atoms with E-state index in [0.29, 0.717) is 26.1 Å². The number of hydrogen-bond acceptors (Lipinski definition) is 5. The summed E-state index contributed by atoms with van der Waals surface area (Å²) in [6.45, 7) is 7.47. The number of amides is 2. The number of carbonyl (C=O) groups excluding carboxylic acids is 2. The van der Waals surface area contributed by atoms with Gasteiger partial charge in [-0.2, -0.15) is 0 Å². The highest BCUT2D eigenvalue weighted by Gasteiger charge is 2.40. The van der Waals surface area contributed by atoms with Gasteiger partial charge in [0.1, 0.15) is 0 Å². The molecule has 3 N–H and O–H groups in total. The molecule has 1 rings (SSSR count). The normalized spacial score (nSPS) is 21.8. The fourth-order valence-corrected chi connectivity index (χ4v) is 2.00.